The smallest absolute Gasteiger partial charge is 0.432 e. The van der Waals surface area contributed by atoms with Crippen LogP contribution in [0.25, 0.3) is 0 Å². The Morgan fingerprint density at radius 1 is 1.45 bits per heavy atom. The standard InChI is InChI=1S/C13H18F3N3O3/c1-4-22-12(21)10-7(6-17-11(10)20)8-5-9(13(14,15)16)19(3)18(8)2/h5,7-8,10H,4,6H2,1-3H3,(H,17,20)/t7-,8?,10?/m1/s1. The minimum atomic E-state index is -4.49. The molecule has 1 fully saturated rings. The highest BCUT2D eigenvalue weighted by Gasteiger charge is 2.51. The van der Waals surface area contributed by atoms with Crippen LogP contribution in [0, 0.1) is 11.8 Å². The number of allylic oxidation sites excluding steroid dienone is 1. The fourth-order valence-corrected chi connectivity index (χ4v) is 2.90. The summed E-state index contributed by atoms with van der Waals surface area (Å²) in [5, 5.41) is 4.89. The fraction of sp³-hybridized carbons (Fsp3) is 0.692. The predicted molar refractivity (Wildman–Crippen MR) is 70.1 cm³/mol. The quantitative estimate of drug-likeness (QED) is 0.606. The van der Waals surface area contributed by atoms with E-state index in [9.17, 15) is 22.8 Å². The van der Waals surface area contributed by atoms with Crippen molar-refractivity contribution in [1.82, 2.24) is 15.3 Å². The van der Waals surface area contributed by atoms with Gasteiger partial charge in [-0.1, -0.05) is 0 Å². The number of nitrogens with zero attached hydrogens (tertiary/aromatic N) is 2. The predicted octanol–water partition coefficient (Wildman–Crippen LogP) is 0.519. The van der Waals surface area contributed by atoms with Crippen LogP contribution < -0.4 is 5.32 Å². The molecule has 0 bridgehead atoms. The van der Waals surface area contributed by atoms with Gasteiger partial charge in [-0.15, -0.1) is 0 Å². The Kier molecular flexibility index (Phi) is 4.37. The molecular weight excluding hydrogens is 303 g/mol. The Morgan fingerprint density at radius 3 is 2.59 bits per heavy atom. The van der Waals surface area contributed by atoms with Crippen molar-refractivity contribution in [1.29, 1.82) is 0 Å². The number of nitrogens with one attached hydrogen (secondary N) is 1. The maximum absolute atomic E-state index is 13.0. The number of alkyl halides is 3. The van der Waals surface area contributed by atoms with Crippen LogP contribution in [0.15, 0.2) is 11.8 Å². The van der Waals surface area contributed by atoms with Gasteiger partial charge in [-0.3, -0.25) is 9.59 Å². The number of hydrogen-bond acceptors (Lipinski definition) is 5. The molecule has 124 valence electrons. The van der Waals surface area contributed by atoms with Gasteiger partial charge in [-0.05, 0) is 13.0 Å². The number of hydrogen-bond donors (Lipinski definition) is 1. The zero-order chi connectivity index (χ0) is 16.7. The highest BCUT2D eigenvalue weighted by atomic mass is 19.4. The van der Waals surface area contributed by atoms with E-state index < -0.39 is 41.6 Å². The molecule has 0 aromatic rings. The molecule has 2 rings (SSSR count). The average molecular weight is 321 g/mol. The maximum Gasteiger partial charge on any atom is 0.432 e. The van der Waals surface area contributed by atoms with E-state index in [1.54, 1.807) is 6.92 Å². The lowest BCUT2D eigenvalue weighted by Crippen LogP contribution is -2.45. The third-order valence-corrected chi connectivity index (χ3v) is 4.07. The number of ether oxygens (including phenoxy) is 1. The second-order valence-electron chi connectivity index (χ2n) is 5.28. The summed E-state index contributed by atoms with van der Waals surface area (Å²) in [6.07, 6.45) is -3.44. The van der Waals surface area contributed by atoms with Gasteiger partial charge in [-0.25, -0.2) is 5.01 Å². The first kappa shape index (κ1) is 16.6. The van der Waals surface area contributed by atoms with Crippen molar-refractivity contribution >= 4 is 11.9 Å². The minimum Gasteiger partial charge on any atom is -0.465 e. The molecule has 1 amide bonds. The molecule has 2 aliphatic rings. The first-order valence-electron chi connectivity index (χ1n) is 6.88. The number of halogens is 3. The van der Waals surface area contributed by atoms with Gasteiger partial charge in [0, 0.05) is 26.6 Å². The summed E-state index contributed by atoms with van der Waals surface area (Å²) in [5.41, 5.74) is -0.804. The Balaban J connectivity index is 2.28. The molecule has 2 heterocycles. The highest BCUT2D eigenvalue weighted by molar-refractivity contribution is 5.99. The van der Waals surface area contributed by atoms with Crippen LogP contribution >= 0.6 is 0 Å². The number of carbonyl (C=O) groups is 2. The van der Waals surface area contributed by atoms with E-state index in [1.807, 2.05) is 0 Å². The van der Waals surface area contributed by atoms with Gasteiger partial charge in [0.1, 0.15) is 11.6 Å². The Bertz CT molecular complexity index is 506. The number of esters is 1. The molecule has 0 aromatic heterocycles. The molecule has 0 aromatic carbocycles. The van der Waals surface area contributed by atoms with E-state index in [1.165, 1.54) is 19.1 Å². The van der Waals surface area contributed by atoms with Crippen molar-refractivity contribution in [3.8, 4) is 0 Å². The highest BCUT2D eigenvalue weighted by Crippen LogP contribution is 2.38. The number of carbonyl (C=O) groups excluding carboxylic acids is 2. The minimum absolute atomic E-state index is 0.110. The van der Waals surface area contributed by atoms with Crippen molar-refractivity contribution in [2.24, 2.45) is 11.8 Å². The lowest BCUT2D eigenvalue weighted by atomic mass is 9.88. The molecule has 2 aliphatic heterocycles. The Morgan fingerprint density at radius 2 is 2.09 bits per heavy atom. The lowest BCUT2D eigenvalue weighted by molar-refractivity contribution is -0.154. The van der Waals surface area contributed by atoms with E-state index in [0.717, 1.165) is 11.1 Å². The van der Waals surface area contributed by atoms with E-state index in [0.29, 0.717) is 0 Å². The SMILES string of the molecule is CCOC(=O)C1C(=O)NC[C@@H]1C1C=C(C(F)(F)F)N(C)N1C. The summed E-state index contributed by atoms with van der Waals surface area (Å²) in [7, 11) is 2.79. The molecule has 22 heavy (non-hydrogen) atoms. The second kappa shape index (κ2) is 5.79. The molecule has 6 nitrogen and oxygen atoms in total. The van der Waals surface area contributed by atoms with E-state index in [-0.39, 0.29) is 13.2 Å². The number of likely N-dealkylation sites (N-methyl/N-ethyl adjacent to an activating group) is 1. The van der Waals surface area contributed by atoms with Crippen molar-refractivity contribution in [2.75, 3.05) is 27.2 Å². The normalized spacial score (nSPS) is 29.5. The first-order chi connectivity index (χ1) is 10.2. The van der Waals surface area contributed by atoms with Gasteiger partial charge in [0.25, 0.3) is 0 Å². The van der Waals surface area contributed by atoms with Crippen molar-refractivity contribution < 1.29 is 27.5 Å². The van der Waals surface area contributed by atoms with Gasteiger partial charge in [0.15, 0.2) is 0 Å². The molecule has 1 N–H and O–H groups in total. The summed E-state index contributed by atoms with van der Waals surface area (Å²) >= 11 is 0. The van der Waals surface area contributed by atoms with Crippen molar-refractivity contribution in [2.45, 2.75) is 19.1 Å². The van der Waals surface area contributed by atoms with E-state index >= 15 is 0 Å². The molecule has 9 heteroatoms. The van der Waals surface area contributed by atoms with E-state index in [4.69, 9.17) is 4.74 Å². The van der Waals surface area contributed by atoms with Crippen LogP contribution in [-0.4, -0.2) is 61.4 Å². The first-order valence-corrected chi connectivity index (χ1v) is 6.88. The second-order valence-corrected chi connectivity index (χ2v) is 5.28. The molecule has 0 spiro atoms. The summed E-state index contributed by atoms with van der Waals surface area (Å²) in [4.78, 5) is 23.8. The summed E-state index contributed by atoms with van der Waals surface area (Å²) in [6.45, 7) is 1.85. The Hall–Kier alpha value is -1.77. The topological polar surface area (TPSA) is 61.9 Å². The van der Waals surface area contributed by atoms with Gasteiger partial charge >= 0.3 is 12.1 Å². The molecule has 3 atom stereocenters. The van der Waals surface area contributed by atoms with Crippen molar-refractivity contribution in [3.63, 3.8) is 0 Å². The third kappa shape index (κ3) is 2.77. The van der Waals surface area contributed by atoms with Crippen LogP contribution in [0.2, 0.25) is 0 Å². The summed E-state index contributed by atoms with van der Waals surface area (Å²) in [5.74, 6) is -2.91. The molecule has 1 saturated heterocycles. The Labute approximate surface area is 125 Å². The van der Waals surface area contributed by atoms with E-state index in [2.05, 4.69) is 5.32 Å². The number of amides is 1. The van der Waals surface area contributed by atoms with Gasteiger partial charge < -0.3 is 15.1 Å². The number of rotatable bonds is 3. The molecule has 0 radical (unpaired) electrons. The number of hydrazine groups is 1. The molecule has 0 aliphatic carbocycles. The lowest BCUT2D eigenvalue weighted by Gasteiger charge is -2.32. The van der Waals surface area contributed by atoms with Crippen LogP contribution in [0.1, 0.15) is 6.92 Å². The molecule has 2 unspecified atom stereocenters. The summed E-state index contributed by atoms with van der Waals surface area (Å²) < 4.78 is 43.8. The van der Waals surface area contributed by atoms with Crippen LogP contribution in [0.5, 0.6) is 0 Å². The zero-order valence-electron chi connectivity index (χ0n) is 12.5. The van der Waals surface area contributed by atoms with Gasteiger partial charge in [0.2, 0.25) is 5.91 Å². The largest absolute Gasteiger partial charge is 0.465 e. The molecular formula is C13H18F3N3O3. The fourth-order valence-electron chi connectivity index (χ4n) is 2.90. The molecule has 0 saturated carbocycles. The van der Waals surface area contributed by atoms with Crippen LogP contribution in [0.3, 0.4) is 0 Å². The summed E-state index contributed by atoms with van der Waals surface area (Å²) in [6, 6.07) is -0.713. The van der Waals surface area contributed by atoms with Gasteiger partial charge in [-0.2, -0.15) is 13.2 Å². The van der Waals surface area contributed by atoms with Crippen molar-refractivity contribution in [3.05, 3.63) is 11.8 Å². The zero-order valence-corrected chi connectivity index (χ0v) is 12.5. The third-order valence-electron chi connectivity index (χ3n) is 4.07. The maximum atomic E-state index is 13.0. The van der Waals surface area contributed by atoms with Gasteiger partial charge in [0.05, 0.1) is 12.6 Å². The average Bonchev–Trinajstić information content (AvgIpc) is 2.91. The van der Waals surface area contributed by atoms with Crippen LogP contribution in [-0.2, 0) is 14.3 Å². The monoisotopic (exact) mass is 321 g/mol. The van der Waals surface area contributed by atoms with Crippen LogP contribution in [0.4, 0.5) is 13.2 Å².